The molecule has 1 atom stereocenters. The summed E-state index contributed by atoms with van der Waals surface area (Å²) < 4.78 is 11.0. The molecule has 1 heterocycles. The number of hydrogen-bond donors (Lipinski definition) is 1. The van der Waals surface area contributed by atoms with E-state index in [9.17, 15) is 4.79 Å². The highest BCUT2D eigenvalue weighted by molar-refractivity contribution is 6.32. The Kier molecular flexibility index (Phi) is 5.26. The van der Waals surface area contributed by atoms with E-state index >= 15 is 0 Å². The van der Waals surface area contributed by atoms with Gasteiger partial charge < -0.3 is 14.8 Å². The first-order valence-electron chi connectivity index (χ1n) is 6.92. The largest absolute Gasteiger partial charge is 0.489 e. The molecule has 1 unspecified atom stereocenters. The summed E-state index contributed by atoms with van der Waals surface area (Å²) in [5, 5.41) is 3.31. The predicted octanol–water partition coefficient (Wildman–Crippen LogP) is 3.04. The van der Waals surface area contributed by atoms with Gasteiger partial charge in [0, 0.05) is 18.7 Å². The minimum atomic E-state index is -0.140. The highest BCUT2D eigenvalue weighted by atomic mass is 35.5. The molecule has 0 aliphatic carbocycles. The summed E-state index contributed by atoms with van der Waals surface area (Å²) in [6, 6.07) is 5.07. The summed E-state index contributed by atoms with van der Waals surface area (Å²) in [4.78, 5) is 12.0. The highest BCUT2D eigenvalue weighted by Gasteiger charge is 2.17. The molecule has 1 fully saturated rings. The second kappa shape index (κ2) is 6.95. The molecule has 0 spiro atoms. The second-order valence-electron chi connectivity index (χ2n) is 5.16. The number of carbonyl (C=O) groups excluding carboxylic acids is 1. The van der Waals surface area contributed by atoms with E-state index in [1.807, 2.05) is 13.8 Å². The van der Waals surface area contributed by atoms with Gasteiger partial charge in [0.25, 0.3) is 5.91 Å². The van der Waals surface area contributed by atoms with Crippen molar-refractivity contribution in [2.24, 2.45) is 0 Å². The number of halogens is 1. The first-order chi connectivity index (χ1) is 9.56. The maximum Gasteiger partial charge on any atom is 0.251 e. The maximum atomic E-state index is 12.0. The van der Waals surface area contributed by atoms with E-state index in [1.165, 1.54) is 0 Å². The molecule has 0 saturated carbocycles. The van der Waals surface area contributed by atoms with Gasteiger partial charge in [-0.2, -0.15) is 0 Å². The number of carbonyl (C=O) groups is 1. The molecule has 1 aromatic carbocycles. The van der Waals surface area contributed by atoms with Crippen molar-refractivity contribution in [3.05, 3.63) is 28.8 Å². The molecule has 1 aliphatic rings. The Hall–Kier alpha value is -1.26. The fraction of sp³-hybridized carbons (Fsp3) is 0.533. The first-order valence-corrected chi connectivity index (χ1v) is 7.30. The predicted molar refractivity (Wildman–Crippen MR) is 78.5 cm³/mol. The van der Waals surface area contributed by atoms with Crippen LogP contribution in [-0.2, 0) is 4.74 Å². The molecule has 20 heavy (non-hydrogen) atoms. The van der Waals surface area contributed by atoms with E-state index in [4.69, 9.17) is 21.1 Å². The smallest absolute Gasteiger partial charge is 0.251 e. The average Bonchev–Trinajstić information content (AvgIpc) is 2.91. The van der Waals surface area contributed by atoms with Gasteiger partial charge in [-0.1, -0.05) is 11.6 Å². The number of benzene rings is 1. The average molecular weight is 298 g/mol. The molecule has 0 aromatic heterocycles. The lowest BCUT2D eigenvalue weighted by atomic mass is 10.2. The van der Waals surface area contributed by atoms with E-state index in [2.05, 4.69) is 5.32 Å². The van der Waals surface area contributed by atoms with Crippen LogP contribution in [0.4, 0.5) is 0 Å². The lowest BCUT2D eigenvalue weighted by molar-refractivity contribution is 0.0857. The topological polar surface area (TPSA) is 47.6 Å². The van der Waals surface area contributed by atoms with E-state index < -0.39 is 0 Å². The van der Waals surface area contributed by atoms with Gasteiger partial charge in [0.15, 0.2) is 0 Å². The van der Waals surface area contributed by atoms with Crippen LogP contribution in [0.15, 0.2) is 18.2 Å². The van der Waals surface area contributed by atoms with Gasteiger partial charge in [-0.3, -0.25) is 4.79 Å². The number of ether oxygens (including phenoxy) is 2. The minimum absolute atomic E-state index is 0.0479. The molecule has 4 nitrogen and oxygen atoms in total. The van der Waals surface area contributed by atoms with Gasteiger partial charge in [0.2, 0.25) is 0 Å². The third kappa shape index (κ3) is 4.12. The number of hydrogen-bond acceptors (Lipinski definition) is 3. The van der Waals surface area contributed by atoms with Crippen LogP contribution in [0.25, 0.3) is 0 Å². The Labute approximate surface area is 124 Å². The van der Waals surface area contributed by atoms with Crippen molar-refractivity contribution in [2.45, 2.75) is 38.9 Å². The standard InChI is InChI=1S/C15H20ClNO3/c1-10(2)20-14-6-5-11(8-13(14)16)15(18)17-9-12-4-3-7-19-12/h5-6,8,10,12H,3-4,7,9H2,1-2H3,(H,17,18). The van der Waals surface area contributed by atoms with Crippen molar-refractivity contribution < 1.29 is 14.3 Å². The van der Waals surface area contributed by atoms with E-state index in [1.54, 1.807) is 18.2 Å². The van der Waals surface area contributed by atoms with E-state index in [0.29, 0.717) is 22.9 Å². The van der Waals surface area contributed by atoms with Crippen molar-refractivity contribution in [3.63, 3.8) is 0 Å². The van der Waals surface area contributed by atoms with Crippen molar-refractivity contribution in [2.75, 3.05) is 13.2 Å². The number of rotatable bonds is 5. The summed E-state index contributed by atoms with van der Waals surface area (Å²) in [6.45, 7) is 5.19. The quantitative estimate of drug-likeness (QED) is 0.909. The van der Waals surface area contributed by atoms with Crippen molar-refractivity contribution >= 4 is 17.5 Å². The normalized spacial score (nSPS) is 18.3. The summed E-state index contributed by atoms with van der Waals surface area (Å²) in [5.74, 6) is 0.454. The van der Waals surface area contributed by atoms with Crippen LogP contribution in [0.3, 0.4) is 0 Å². The molecule has 110 valence electrons. The van der Waals surface area contributed by atoms with Gasteiger partial charge in [0.1, 0.15) is 5.75 Å². The van der Waals surface area contributed by atoms with Gasteiger partial charge >= 0.3 is 0 Å². The molecule has 0 bridgehead atoms. The van der Waals surface area contributed by atoms with Crippen molar-refractivity contribution in [1.82, 2.24) is 5.32 Å². The molecule has 0 radical (unpaired) electrons. The van der Waals surface area contributed by atoms with Gasteiger partial charge in [-0.25, -0.2) is 0 Å². The summed E-state index contributed by atoms with van der Waals surface area (Å²) >= 11 is 6.12. The summed E-state index contributed by atoms with van der Waals surface area (Å²) in [5.41, 5.74) is 0.532. The van der Waals surface area contributed by atoms with Crippen LogP contribution in [-0.4, -0.2) is 31.3 Å². The zero-order valence-corrected chi connectivity index (χ0v) is 12.6. The van der Waals surface area contributed by atoms with Crippen LogP contribution in [0.2, 0.25) is 5.02 Å². The number of nitrogens with one attached hydrogen (secondary N) is 1. The van der Waals surface area contributed by atoms with E-state index in [0.717, 1.165) is 19.4 Å². The lowest BCUT2D eigenvalue weighted by Crippen LogP contribution is -2.31. The summed E-state index contributed by atoms with van der Waals surface area (Å²) in [6.07, 6.45) is 2.25. The Bertz CT molecular complexity index is 470. The maximum absolute atomic E-state index is 12.0. The van der Waals surface area contributed by atoms with Gasteiger partial charge in [-0.15, -0.1) is 0 Å². The zero-order chi connectivity index (χ0) is 14.5. The third-order valence-corrected chi connectivity index (χ3v) is 3.37. The fourth-order valence-electron chi connectivity index (χ4n) is 2.11. The molecule has 1 amide bonds. The molecule has 1 aliphatic heterocycles. The Morgan fingerprint density at radius 1 is 1.55 bits per heavy atom. The van der Waals surface area contributed by atoms with Crippen LogP contribution in [0, 0.1) is 0 Å². The van der Waals surface area contributed by atoms with E-state index in [-0.39, 0.29) is 18.1 Å². The Morgan fingerprint density at radius 2 is 2.35 bits per heavy atom. The number of amides is 1. The Morgan fingerprint density at radius 3 is 2.95 bits per heavy atom. The van der Waals surface area contributed by atoms with Crippen molar-refractivity contribution in [3.8, 4) is 5.75 Å². The van der Waals surface area contributed by atoms with Crippen LogP contribution in [0.1, 0.15) is 37.0 Å². The Balaban J connectivity index is 1.94. The lowest BCUT2D eigenvalue weighted by Gasteiger charge is -2.13. The SMILES string of the molecule is CC(C)Oc1ccc(C(=O)NCC2CCCO2)cc1Cl. The van der Waals surface area contributed by atoms with Crippen LogP contribution < -0.4 is 10.1 Å². The second-order valence-corrected chi connectivity index (χ2v) is 5.56. The van der Waals surface area contributed by atoms with Gasteiger partial charge in [0.05, 0.1) is 17.2 Å². The van der Waals surface area contributed by atoms with Gasteiger partial charge in [-0.05, 0) is 44.9 Å². The highest BCUT2D eigenvalue weighted by Crippen LogP contribution is 2.26. The van der Waals surface area contributed by atoms with Crippen LogP contribution >= 0.6 is 11.6 Å². The van der Waals surface area contributed by atoms with Crippen LogP contribution in [0.5, 0.6) is 5.75 Å². The zero-order valence-electron chi connectivity index (χ0n) is 11.8. The third-order valence-electron chi connectivity index (χ3n) is 3.07. The molecular formula is C15H20ClNO3. The molecule has 1 saturated heterocycles. The first kappa shape index (κ1) is 15.1. The molecule has 1 N–H and O–H groups in total. The molecule has 1 aromatic rings. The van der Waals surface area contributed by atoms with Crippen molar-refractivity contribution in [1.29, 1.82) is 0 Å². The molecule has 2 rings (SSSR count). The monoisotopic (exact) mass is 297 g/mol. The fourth-order valence-corrected chi connectivity index (χ4v) is 2.33. The minimum Gasteiger partial charge on any atom is -0.489 e. The summed E-state index contributed by atoms with van der Waals surface area (Å²) in [7, 11) is 0. The molecular weight excluding hydrogens is 278 g/mol. The molecule has 5 heteroatoms.